The van der Waals surface area contributed by atoms with E-state index >= 15 is 0 Å². The quantitative estimate of drug-likeness (QED) is 0.660. The van der Waals surface area contributed by atoms with E-state index in [2.05, 4.69) is 17.1 Å². The number of ketones is 1. The Morgan fingerprint density at radius 3 is 2.70 bits per heavy atom. The van der Waals surface area contributed by atoms with Crippen LogP contribution in [0.15, 0.2) is 60.8 Å². The Morgan fingerprint density at radius 1 is 1.09 bits per heavy atom. The summed E-state index contributed by atoms with van der Waals surface area (Å²) in [6.45, 7) is 0. The lowest BCUT2D eigenvalue weighted by atomic mass is 10.1. The topological polar surface area (TPSA) is 53.1 Å². The molecule has 0 atom stereocenters. The Bertz CT molecular complexity index is 828. The first-order valence-corrected chi connectivity index (χ1v) is 7.77. The third kappa shape index (κ3) is 3.89. The van der Waals surface area contributed by atoms with Gasteiger partial charge in [-0.25, -0.2) is 0 Å². The van der Waals surface area contributed by atoms with Crippen LogP contribution in [0.3, 0.4) is 0 Å². The van der Waals surface area contributed by atoms with Gasteiger partial charge in [-0.3, -0.25) is 4.79 Å². The number of hydrogen-bond acceptors (Lipinski definition) is 2. The molecular weight excluding hydrogens is 286 g/mol. The molecule has 3 heteroatoms. The summed E-state index contributed by atoms with van der Waals surface area (Å²) < 4.78 is 0. The molecule has 116 valence electrons. The highest BCUT2D eigenvalue weighted by molar-refractivity contribution is 5.93. The highest BCUT2D eigenvalue weighted by Crippen LogP contribution is 2.19. The van der Waals surface area contributed by atoms with Gasteiger partial charge in [-0.1, -0.05) is 36.4 Å². The van der Waals surface area contributed by atoms with Gasteiger partial charge in [0.25, 0.3) is 0 Å². The van der Waals surface area contributed by atoms with E-state index in [0.29, 0.717) is 6.42 Å². The number of benzene rings is 2. The molecule has 0 saturated carbocycles. The van der Waals surface area contributed by atoms with Gasteiger partial charge in [-0.15, -0.1) is 0 Å². The molecule has 0 fully saturated rings. The fourth-order valence-corrected chi connectivity index (χ4v) is 2.65. The number of H-pyrrole nitrogens is 1. The third-order valence-corrected chi connectivity index (χ3v) is 3.90. The van der Waals surface area contributed by atoms with Gasteiger partial charge in [0.1, 0.15) is 5.75 Å². The first-order valence-electron chi connectivity index (χ1n) is 7.77. The van der Waals surface area contributed by atoms with E-state index in [4.69, 9.17) is 0 Å². The minimum Gasteiger partial charge on any atom is -0.508 e. The number of phenols is 1. The van der Waals surface area contributed by atoms with Crippen molar-refractivity contribution in [3.05, 3.63) is 71.9 Å². The van der Waals surface area contributed by atoms with Crippen molar-refractivity contribution in [3.63, 3.8) is 0 Å². The van der Waals surface area contributed by atoms with Crippen molar-refractivity contribution in [3.8, 4) is 5.75 Å². The van der Waals surface area contributed by atoms with Gasteiger partial charge in [0.05, 0.1) is 0 Å². The van der Waals surface area contributed by atoms with Gasteiger partial charge >= 0.3 is 0 Å². The Balaban J connectivity index is 1.52. The molecule has 0 spiro atoms. The van der Waals surface area contributed by atoms with Gasteiger partial charge in [0.15, 0.2) is 5.78 Å². The number of nitrogens with one attached hydrogen (secondary N) is 1. The molecule has 0 radical (unpaired) electrons. The standard InChI is InChI=1S/C20H19NO2/c22-17(11-8-15-9-12-18(23)13-10-15)5-3-4-16-14-21-20-7-2-1-6-19(16)20/h1-2,6-14,21,23H,3-5H2/b11-8+. The SMILES string of the molecule is O=C(/C=C/c1ccc(O)cc1)CCCc1c[nH]c2ccccc12. The van der Waals surface area contributed by atoms with E-state index in [1.54, 1.807) is 36.4 Å². The maximum absolute atomic E-state index is 11.9. The van der Waals surface area contributed by atoms with Crippen molar-refractivity contribution in [2.75, 3.05) is 0 Å². The van der Waals surface area contributed by atoms with Crippen molar-refractivity contribution in [1.29, 1.82) is 0 Å². The van der Waals surface area contributed by atoms with E-state index in [1.165, 1.54) is 10.9 Å². The molecule has 0 bridgehead atoms. The molecule has 0 unspecified atom stereocenters. The first kappa shape index (κ1) is 15.1. The van der Waals surface area contributed by atoms with Crippen LogP contribution in [0.2, 0.25) is 0 Å². The molecule has 3 rings (SSSR count). The number of allylic oxidation sites excluding steroid dienone is 1. The molecule has 0 aliphatic heterocycles. The van der Waals surface area contributed by atoms with Gasteiger partial charge < -0.3 is 10.1 Å². The lowest BCUT2D eigenvalue weighted by Gasteiger charge is -1.98. The number of hydrogen-bond donors (Lipinski definition) is 2. The van der Waals surface area contributed by atoms with E-state index < -0.39 is 0 Å². The lowest BCUT2D eigenvalue weighted by molar-refractivity contribution is -0.114. The molecule has 0 aliphatic carbocycles. The Kier molecular flexibility index (Phi) is 4.57. The summed E-state index contributed by atoms with van der Waals surface area (Å²) in [6.07, 6.45) is 7.69. The van der Waals surface area contributed by atoms with Crippen molar-refractivity contribution in [1.82, 2.24) is 4.98 Å². The van der Waals surface area contributed by atoms with Crippen LogP contribution in [0.4, 0.5) is 0 Å². The van der Waals surface area contributed by atoms with Crippen LogP contribution >= 0.6 is 0 Å². The summed E-state index contributed by atoms with van der Waals surface area (Å²) in [6, 6.07) is 15.0. The molecule has 2 N–H and O–H groups in total. The molecule has 1 aromatic heterocycles. The average Bonchev–Trinajstić information content (AvgIpc) is 2.98. The number of fused-ring (bicyclic) bond motifs is 1. The molecule has 3 aromatic rings. The van der Waals surface area contributed by atoms with Gasteiger partial charge in [-0.2, -0.15) is 0 Å². The summed E-state index contributed by atoms with van der Waals surface area (Å²) in [5.41, 5.74) is 3.31. The number of aromatic nitrogens is 1. The summed E-state index contributed by atoms with van der Waals surface area (Å²) in [5, 5.41) is 10.5. The number of para-hydroxylation sites is 1. The molecular formula is C20H19NO2. The van der Waals surface area contributed by atoms with Crippen LogP contribution in [0, 0.1) is 0 Å². The van der Waals surface area contributed by atoms with Gasteiger partial charge in [-0.05, 0) is 48.2 Å². The molecule has 2 aromatic carbocycles. The minimum absolute atomic E-state index is 0.123. The molecule has 23 heavy (non-hydrogen) atoms. The smallest absolute Gasteiger partial charge is 0.155 e. The van der Waals surface area contributed by atoms with E-state index in [0.717, 1.165) is 23.9 Å². The normalized spacial score (nSPS) is 11.3. The summed E-state index contributed by atoms with van der Waals surface area (Å²) in [5.74, 6) is 0.352. The maximum Gasteiger partial charge on any atom is 0.155 e. The van der Waals surface area contributed by atoms with Crippen LogP contribution in [0.25, 0.3) is 17.0 Å². The molecule has 1 heterocycles. The fraction of sp³-hybridized carbons (Fsp3) is 0.150. The number of aromatic amines is 1. The Labute approximate surface area is 135 Å². The minimum atomic E-state index is 0.123. The zero-order chi connectivity index (χ0) is 16.1. The van der Waals surface area contributed by atoms with Crippen LogP contribution in [-0.2, 0) is 11.2 Å². The second-order valence-electron chi connectivity index (χ2n) is 5.60. The third-order valence-electron chi connectivity index (χ3n) is 3.90. The molecule has 0 saturated heterocycles. The number of rotatable bonds is 6. The molecule has 3 nitrogen and oxygen atoms in total. The van der Waals surface area contributed by atoms with Crippen molar-refractivity contribution in [2.24, 2.45) is 0 Å². The van der Waals surface area contributed by atoms with Crippen LogP contribution in [0.1, 0.15) is 24.0 Å². The first-order chi connectivity index (χ1) is 11.2. The Hall–Kier alpha value is -2.81. The highest BCUT2D eigenvalue weighted by atomic mass is 16.3. The largest absolute Gasteiger partial charge is 0.508 e. The predicted molar refractivity (Wildman–Crippen MR) is 93.4 cm³/mol. The summed E-state index contributed by atoms with van der Waals surface area (Å²) in [4.78, 5) is 15.2. The van der Waals surface area contributed by atoms with Crippen molar-refractivity contribution >= 4 is 22.8 Å². The van der Waals surface area contributed by atoms with Crippen LogP contribution in [-0.4, -0.2) is 15.9 Å². The number of aryl methyl sites for hydroxylation is 1. The lowest BCUT2D eigenvalue weighted by Crippen LogP contribution is -1.94. The Morgan fingerprint density at radius 2 is 1.87 bits per heavy atom. The van der Waals surface area contributed by atoms with Crippen LogP contribution in [0.5, 0.6) is 5.75 Å². The van der Waals surface area contributed by atoms with E-state index in [1.807, 2.05) is 18.3 Å². The second kappa shape index (κ2) is 6.97. The highest BCUT2D eigenvalue weighted by Gasteiger charge is 2.04. The van der Waals surface area contributed by atoms with E-state index in [9.17, 15) is 9.90 Å². The van der Waals surface area contributed by atoms with Crippen molar-refractivity contribution in [2.45, 2.75) is 19.3 Å². The number of carbonyl (C=O) groups excluding carboxylic acids is 1. The number of aromatic hydroxyl groups is 1. The number of phenolic OH excluding ortho intramolecular Hbond substituents is 1. The zero-order valence-corrected chi connectivity index (χ0v) is 12.8. The van der Waals surface area contributed by atoms with Crippen molar-refractivity contribution < 1.29 is 9.90 Å². The monoisotopic (exact) mass is 305 g/mol. The zero-order valence-electron chi connectivity index (χ0n) is 12.8. The van der Waals surface area contributed by atoms with Gasteiger partial charge in [0.2, 0.25) is 0 Å². The summed E-state index contributed by atoms with van der Waals surface area (Å²) in [7, 11) is 0. The van der Waals surface area contributed by atoms with Crippen LogP contribution < -0.4 is 0 Å². The van der Waals surface area contributed by atoms with Gasteiger partial charge in [0, 0.05) is 23.5 Å². The van der Waals surface area contributed by atoms with E-state index in [-0.39, 0.29) is 11.5 Å². The summed E-state index contributed by atoms with van der Waals surface area (Å²) >= 11 is 0. The second-order valence-corrected chi connectivity index (χ2v) is 5.60. The average molecular weight is 305 g/mol. The molecule has 0 aliphatic rings. The predicted octanol–water partition coefficient (Wildman–Crippen LogP) is 4.48. The number of carbonyl (C=O) groups is 1. The fourth-order valence-electron chi connectivity index (χ4n) is 2.65. The maximum atomic E-state index is 11.9. The molecule has 0 amide bonds.